The van der Waals surface area contributed by atoms with Crippen molar-refractivity contribution in [2.45, 2.75) is 0 Å². The minimum atomic E-state index is 0.259. The molecule has 0 aliphatic heterocycles. The zero-order chi connectivity index (χ0) is 13.0. The van der Waals surface area contributed by atoms with E-state index in [9.17, 15) is 5.11 Å². The third-order valence-electron chi connectivity index (χ3n) is 2.50. The molecule has 0 amide bonds. The lowest BCUT2D eigenvalue weighted by atomic mass is 10.0. The van der Waals surface area contributed by atoms with Crippen LogP contribution in [0, 0.1) is 0 Å². The zero-order valence-electron chi connectivity index (χ0n) is 9.87. The number of fused-ring (bicyclic) bond motifs is 1. The summed E-state index contributed by atoms with van der Waals surface area (Å²) in [5.41, 5.74) is 6.42. The van der Waals surface area contributed by atoms with Gasteiger partial charge in [0.05, 0.1) is 6.21 Å². The molecule has 18 heavy (non-hydrogen) atoms. The Morgan fingerprint density at radius 2 is 1.94 bits per heavy atom. The molecule has 0 spiro atoms. The zero-order valence-corrected chi connectivity index (χ0v) is 10.7. The molecule has 0 aliphatic carbocycles. The molecule has 0 aliphatic rings. The molecule has 0 aromatic heterocycles. The van der Waals surface area contributed by atoms with Crippen molar-refractivity contribution < 1.29 is 5.11 Å². The maximum atomic E-state index is 9.75. The summed E-state index contributed by atoms with van der Waals surface area (Å²) in [7, 11) is 0. The van der Waals surface area contributed by atoms with Crippen LogP contribution in [0.15, 0.2) is 46.6 Å². The first-order chi connectivity index (χ1) is 8.72. The smallest absolute Gasteiger partial charge is 0.180 e. The molecule has 0 radical (unpaired) electrons. The lowest BCUT2D eigenvalue weighted by Gasteiger charge is -2.03. The first kappa shape index (κ1) is 12.4. The monoisotopic (exact) mass is 259 g/mol. The Labute approximate surface area is 109 Å². The van der Waals surface area contributed by atoms with Crippen LogP contribution in [0.5, 0.6) is 5.75 Å². The van der Waals surface area contributed by atoms with Crippen molar-refractivity contribution in [1.82, 2.24) is 0 Å². The Hall–Kier alpha value is -2.01. The van der Waals surface area contributed by atoms with Crippen LogP contribution < -0.4 is 5.73 Å². The molecule has 4 nitrogen and oxygen atoms in total. The summed E-state index contributed by atoms with van der Waals surface area (Å²) in [4.78, 5) is 0. The highest BCUT2D eigenvalue weighted by molar-refractivity contribution is 8.13. The van der Waals surface area contributed by atoms with E-state index in [-0.39, 0.29) is 5.75 Å². The summed E-state index contributed by atoms with van der Waals surface area (Å²) in [5, 5.41) is 19.6. The minimum absolute atomic E-state index is 0.259. The van der Waals surface area contributed by atoms with Gasteiger partial charge in [0, 0.05) is 10.9 Å². The van der Waals surface area contributed by atoms with Gasteiger partial charge in [-0.15, -0.1) is 5.10 Å². The van der Waals surface area contributed by atoms with E-state index in [2.05, 4.69) is 10.2 Å². The Kier molecular flexibility index (Phi) is 3.84. The van der Waals surface area contributed by atoms with E-state index in [1.807, 2.05) is 30.5 Å². The van der Waals surface area contributed by atoms with Crippen LogP contribution in [0.25, 0.3) is 10.8 Å². The van der Waals surface area contributed by atoms with Gasteiger partial charge in [-0.05, 0) is 23.8 Å². The molecular weight excluding hydrogens is 246 g/mol. The van der Waals surface area contributed by atoms with Gasteiger partial charge in [-0.25, -0.2) is 0 Å². The summed E-state index contributed by atoms with van der Waals surface area (Å²) in [6, 6.07) is 11.0. The van der Waals surface area contributed by atoms with Crippen molar-refractivity contribution >= 4 is 33.9 Å². The highest BCUT2D eigenvalue weighted by Gasteiger charge is 2.02. The maximum Gasteiger partial charge on any atom is 0.180 e. The van der Waals surface area contributed by atoms with Crippen LogP contribution >= 0.6 is 11.8 Å². The largest absolute Gasteiger partial charge is 0.507 e. The molecule has 2 rings (SSSR count). The molecule has 0 saturated heterocycles. The van der Waals surface area contributed by atoms with Crippen molar-refractivity contribution in [2.75, 3.05) is 6.26 Å². The summed E-state index contributed by atoms with van der Waals surface area (Å²) in [6.07, 6.45) is 3.47. The van der Waals surface area contributed by atoms with E-state index >= 15 is 0 Å². The standard InChI is InChI=1S/C13H13N3OS/c1-18-13(14)16-15-8-9-6-7-12(17)11-5-3-2-4-10(9)11/h2-8,17H,1H3,(H2,14,16)/b15-8+. The number of benzene rings is 2. The highest BCUT2D eigenvalue weighted by atomic mass is 32.2. The quantitative estimate of drug-likeness (QED) is 0.494. The Balaban J connectivity index is 2.43. The molecule has 0 saturated carbocycles. The lowest BCUT2D eigenvalue weighted by Crippen LogP contribution is -2.03. The van der Waals surface area contributed by atoms with Crippen LogP contribution in [-0.4, -0.2) is 22.7 Å². The molecule has 5 heteroatoms. The fourth-order valence-corrected chi connectivity index (χ4v) is 1.74. The van der Waals surface area contributed by atoms with Gasteiger partial charge in [-0.2, -0.15) is 5.10 Å². The Morgan fingerprint density at radius 3 is 2.67 bits per heavy atom. The van der Waals surface area contributed by atoms with Gasteiger partial charge in [0.15, 0.2) is 5.17 Å². The summed E-state index contributed by atoms with van der Waals surface area (Å²) < 4.78 is 0. The summed E-state index contributed by atoms with van der Waals surface area (Å²) >= 11 is 1.34. The molecule has 0 bridgehead atoms. The van der Waals surface area contributed by atoms with E-state index in [1.165, 1.54) is 11.8 Å². The fourth-order valence-electron chi connectivity index (χ4n) is 1.61. The van der Waals surface area contributed by atoms with E-state index in [0.717, 1.165) is 16.3 Å². The third-order valence-corrected chi connectivity index (χ3v) is 3.00. The molecule has 2 aromatic carbocycles. The minimum Gasteiger partial charge on any atom is -0.507 e. The Morgan fingerprint density at radius 1 is 1.22 bits per heavy atom. The number of nitrogens with two attached hydrogens (primary N) is 1. The number of rotatable bonds is 2. The Bertz CT molecular complexity index is 623. The number of thioether (sulfide) groups is 1. The van der Waals surface area contributed by atoms with Gasteiger partial charge in [0.1, 0.15) is 5.75 Å². The maximum absolute atomic E-state index is 9.75. The van der Waals surface area contributed by atoms with E-state index in [4.69, 9.17) is 5.73 Å². The van der Waals surface area contributed by atoms with Crippen molar-refractivity contribution in [3.63, 3.8) is 0 Å². The SMILES string of the molecule is CS/C(N)=N/N=C/c1ccc(O)c2ccccc12. The van der Waals surface area contributed by atoms with Crippen molar-refractivity contribution in [3.05, 3.63) is 42.0 Å². The van der Waals surface area contributed by atoms with Crippen LogP contribution in [0.1, 0.15) is 5.56 Å². The second-order valence-electron chi connectivity index (χ2n) is 3.61. The topological polar surface area (TPSA) is 71.0 Å². The molecular formula is C13H13N3OS. The molecule has 0 fully saturated rings. The summed E-state index contributed by atoms with van der Waals surface area (Å²) in [6.45, 7) is 0. The van der Waals surface area contributed by atoms with Gasteiger partial charge in [-0.1, -0.05) is 36.0 Å². The first-order valence-corrected chi connectivity index (χ1v) is 6.56. The normalized spacial score (nSPS) is 12.4. The van der Waals surface area contributed by atoms with Crippen LogP contribution in [-0.2, 0) is 0 Å². The van der Waals surface area contributed by atoms with Gasteiger partial charge in [-0.3, -0.25) is 0 Å². The number of amidine groups is 1. The number of aromatic hydroxyl groups is 1. The molecule has 0 heterocycles. The van der Waals surface area contributed by atoms with Gasteiger partial charge >= 0.3 is 0 Å². The molecule has 0 unspecified atom stereocenters. The number of nitrogens with zero attached hydrogens (tertiary/aromatic N) is 2. The average Bonchev–Trinajstić information content (AvgIpc) is 2.41. The summed E-state index contributed by atoms with van der Waals surface area (Å²) in [5.74, 6) is 0.259. The highest BCUT2D eigenvalue weighted by Crippen LogP contribution is 2.26. The lowest BCUT2D eigenvalue weighted by molar-refractivity contribution is 0.481. The van der Waals surface area contributed by atoms with Crippen LogP contribution in [0.3, 0.4) is 0 Å². The average molecular weight is 259 g/mol. The van der Waals surface area contributed by atoms with Gasteiger partial charge in [0.25, 0.3) is 0 Å². The van der Waals surface area contributed by atoms with Crippen LogP contribution in [0.2, 0.25) is 0 Å². The van der Waals surface area contributed by atoms with Crippen molar-refractivity contribution in [3.8, 4) is 5.75 Å². The molecule has 2 aromatic rings. The molecule has 3 N–H and O–H groups in total. The third kappa shape index (κ3) is 2.62. The second kappa shape index (κ2) is 5.55. The number of hydrogen-bond donors (Lipinski definition) is 2. The van der Waals surface area contributed by atoms with Gasteiger partial charge in [0.2, 0.25) is 0 Å². The second-order valence-corrected chi connectivity index (χ2v) is 4.43. The van der Waals surface area contributed by atoms with Gasteiger partial charge < -0.3 is 10.8 Å². The van der Waals surface area contributed by atoms with Crippen LogP contribution in [0.4, 0.5) is 0 Å². The van der Waals surface area contributed by atoms with E-state index < -0.39 is 0 Å². The molecule has 92 valence electrons. The van der Waals surface area contributed by atoms with E-state index in [1.54, 1.807) is 18.3 Å². The van der Waals surface area contributed by atoms with Crippen molar-refractivity contribution in [2.24, 2.45) is 15.9 Å². The van der Waals surface area contributed by atoms with Crippen molar-refractivity contribution in [1.29, 1.82) is 0 Å². The van der Waals surface area contributed by atoms with E-state index in [0.29, 0.717) is 5.17 Å². The predicted molar refractivity (Wildman–Crippen MR) is 78.3 cm³/mol. The fraction of sp³-hybridized carbons (Fsp3) is 0.0769. The number of phenolic OH excluding ortho intramolecular Hbond substituents is 1. The number of hydrogen-bond acceptors (Lipinski definition) is 4. The predicted octanol–water partition coefficient (Wildman–Crippen LogP) is 2.56. The first-order valence-electron chi connectivity index (χ1n) is 5.33. The number of phenols is 1. The molecule has 0 atom stereocenters.